The van der Waals surface area contributed by atoms with Crippen LogP contribution in [0.4, 0.5) is 5.69 Å². The Balaban J connectivity index is 1.82. The first-order valence-corrected chi connectivity index (χ1v) is 7.43. The van der Waals surface area contributed by atoms with Crippen molar-refractivity contribution in [2.75, 3.05) is 5.32 Å². The topological polar surface area (TPSA) is 88.0 Å². The molecule has 7 heteroatoms. The van der Waals surface area contributed by atoms with Crippen molar-refractivity contribution in [2.45, 2.75) is 0 Å². The molecule has 0 radical (unpaired) electrons. The summed E-state index contributed by atoms with van der Waals surface area (Å²) in [5.74, 6) is -0.513. The molecule has 3 rings (SSSR count). The number of anilines is 1. The van der Waals surface area contributed by atoms with E-state index in [9.17, 15) is 9.59 Å². The maximum atomic E-state index is 12.2. The van der Waals surface area contributed by atoms with Gasteiger partial charge in [-0.25, -0.2) is 4.79 Å². The average Bonchev–Trinajstić information content (AvgIpc) is 2.95. The van der Waals surface area contributed by atoms with Crippen LogP contribution in [0.5, 0.6) is 0 Å². The third-order valence-electron chi connectivity index (χ3n) is 2.94. The maximum absolute atomic E-state index is 12.2. The lowest BCUT2D eigenvalue weighted by Crippen LogP contribution is -2.11. The molecule has 2 N–H and O–H groups in total. The molecule has 1 heterocycles. The molecule has 3 aromatic rings. The molecule has 0 bridgehead atoms. The van der Waals surface area contributed by atoms with Gasteiger partial charge in [-0.05, 0) is 59.0 Å². The van der Waals surface area contributed by atoms with Crippen molar-refractivity contribution >= 4 is 34.2 Å². The van der Waals surface area contributed by atoms with Crippen molar-refractivity contribution in [1.82, 2.24) is 10.1 Å². The Bertz CT molecular complexity index is 868. The molecule has 0 fully saturated rings. The van der Waals surface area contributed by atoms with Gasteiger partial charge in [0.2, 0.25) is 0 Å². The van der Waals surface area contributed by atoms with Crippen LogP contribution in [-0.2, 0) is 0 Å². The highest BCUT2D eigenvalue weighted by molar-refractivity contribution is 14.1. The normalized spacial score (nSPS) is 10.4. The van der Waals surface area contributed by atoms with E-state index in [1.807, 2.05) is 12.1 Å². The van der Waals surface area contributed by atoms with E-state index in [2.05, 4.69) is 42.6 Å². The van der Waals surface area contributed by atoms with Crippen LogP contribution in [0.1, 0.15) is 10.4 Å². The molecule has 110 valence electrons. The molecular weight excluding hydrogens is 397 g/mol. The van der Waals surface area contributed by atoms with Crippen molar-refractivity contribution in [2.24, 2.45) is 0 Å². The number of hydrogen-bond acceptors (Lipinski definition) is 4. The Hall–Kier alpha value is -2.42. The molecule has 0 saturated heterocycles. The lowest BCUT2D eigenvalue weighted by atomic mass is 10.1. The number of nitrogens with one attached hydrogen (secondary N) is 2. The first-order valence-electron chi connectivity index (χ1n) is 6.35. The summed E-state index contributed by atoms with van der Waals surface area (Å²) < 4.78 is 5.53. The Morgan fingerprint density at radius 3 is 2.64 bits per heavy atom. The van der Waals surface area contributed by atoms with E-state index in [0.29, 0.717) is 22.6 Å². The molecule has 0 aliphatic carbocycles. The molecule has 0 aliphatic heterocycles. The quantitative estimate of drug-likeness (QED) is 0.654. The number of halogens is 1. The fraction of sp³-hybridized carbons (Fsp3) is 0. The van der Waals surface area contributed by atoms with E-state index in [1.165, 1.54) is 0 Å². The SMILES string of the molecule is O=C(Nc1cccc(-c2noc(=O)[nH]2)c1)c1ccc(I)cc1. The van der Waals surface area contributed by atoms with Crippen LogP contribution in [0.2, 0.25) is 0 Å². The van der Waals surface area contributed by atoms with Crippen LogP contribution < -0.4 is 11.1 Å². The number of carbonyl (C=O) groups is 1. The minimum atomic E-state index is -0.622. The Kier molecular flexibility index (Phi) is 4.05. The summed E-state index contributed by atoms with van der Waals surface area (Å²) in [6.07, 6.45) is 0. The standard InChI is InChI=1S/C15H10IN3O3/c16-11-6-4-9(5-7-11)14(20)17-12-3-1-2-10(8-12)13-18-15(21)22-19-13/h1-8H,(H,17,20)(H,18,19,21). The van der Waals surface area contributed by atoms with Crippen molar-refractivity contribution in [3.8, 4) is 11.4 Å². The van der Waals surface area contributed by atoms with Gasteiger partial charge in [0.15, 0.2) is 5.82 Å². The van der Waals surface area contributed by atoms with Crippen LogP contribution >= 0.6 is 22.6 Å². The zero-order chi connectivity index (χ0) is 15.5. The number of H-pyrrole nitrogens is 1. The van der Waals surface area contributed by atoms with Crippen LogP contribution in [0.15, 0.2) is 57.8 Å². The molecular formula is C15H10IN3O3. The van der Waals surface area contributed by atoms with Gasteiger partial charge in [0.1, 0.15) is 0 Å². The van der Waals surface area contributed by atoms with E-state index in [4.69, 9.17) is 0 Å². The van der Waals surface area contributed by atoms with Gasteiger partial charge in [-0.3, -0.25) is 14.3 Å². The molecule has 0 atom stereocenters. The van der Waals surface area contributed by atoms with Gasteiger partial charge >= 0.3 is 5.76 Å². The van der Waals surface area contributed by atoms with Crippen molar-refractivity contribution < 1.29 is 9.32 Å². The number of nitrogens with zero attached hydrogens (tertiary/aromatic N) is 1. The van der Waals surface area contributed by atoms with Gasteiger partial charge in [0, 0.05) is 20.4 Å². The fourth-order valence-corrected chi connectivity index (χ4v) is 2.26. The Morgan fingerprint density at radius 2 is 1.95 bits per heavy atom. The van der Waals surface area contributed by atoms with Crippen LogP contribution in [0.3, 0.4) is 0 Å². The fourth-order valence-electron chi connectivity index (χ4n) is 1.90. The highest BCUT2D eigenvalue weighted by Gasteiger charge is 2.08. The molecule has 2 aromatic carbocycles. The number of aromatic nitrogens is 2. The zero-order valence-electron chi connectivity index (χ0n) is 11.2. The van der Waals surface area contributed by atoms with Gasteiger partial charge in [0.25, 0.3) is 5.91 Å². The van der Waals surface area contributed by atoms with Gasteiger partial charge < -0.3 is 5.32 Å². The number of carbonyl (C=O) groups excluding carboxylic acids is 1. The van der Waals surface area contributed by atoms with E-state index < -0.39 is 5.76 Å². The molecule has 0 spiro atoms. The first kappa shape index (κ1) is 14.5. The summed E-state index contributed by atoms with van der Waals surface area (Å²) in [6, 6.07) is 14.2. The molecule has 1 amide bonds. The second-order valence-corrected chi connectivity index (χ2v) is 5.73. The summed E-state index contributed by atoms with van der Waals surface area (Å²) in [4.78, 5) is 25.6. The monoisotopic (exact) mass is 407 g/mol. The van der Waals surface area contributed by atoms with Gasteiger partial charge in [-0.2, -0.15) is 0 Å². The second kappa shape index (κ2) is 6.14. The third-order valence-corrected chi connectivity index (χ3v) is 3.66. The highest BCUT2D eigenvalue weighted by atomic mass is 127. The van der Waals surface area contributed by atoms with Gasteiger partial charge in [0.05, 0.1) is 0 Å². The van der Waals surface area contributed by atoms with Crippen LogP contribution in [0.25, 0.3) is 11.4 Å². The van der Waals surface area contributed by atoms with Gasteiger partial charge in [-0.15, -0.1) is 0 Å². The lowest BCUT2D eigenvalue weighted by Gasteiger charge is -2.06. The molecule has 0 unspecified atom stereocenters. The van der Waals surface area contributed by atoms with Crippen molar-refractivity contribution in [1.29, 1.82) is 0 Å². The summed E-state index contributed by atoms with van der Waals surface area (Å²) in [5.41, 5.74) is 1.82. The predicted molar refractivity (Wildman–Crippen MR) is 89.7 cm³/mol. The molecule has 6 nitrogen and oxygen atoms in total. The summed E-state index contributed by atoms with van der Waals surface area (Å²) >= 11 is 2.18. The summed E-state index contributed by atoms with van der Waals surface area (Å²) in [7, 11) is 0. The summed E-state index contributed by atoms with van der Waals surface area (Å²) in [5, 5.41) is 6.42. The largest absolute Gasteiger partial charge is 0.439 e. The minimum absolute atomic E-state index is 0.206. The third kappa shape index (κ3) is 3.25. The molecule has 1 aromatic heterocycles. The Labute approximate surface area is 138 Å². The lowest BCUT2D eigenvalue weighted by molar-refractivity contribution is 0.102. The highest BCUT2D eigenvalue weighted by Crippen LogP contribution is 2.19. The zero-order valence-corrected chi connectivity index (χ0v) is 13.3. The first-order chi connectivity index (χ1) is 10.6. The van der Waals surface area contributed by atoms with Crippen molar-refractivity contribution in [3.63, 3.8) is 0 Å². The second-order valence-electron chi connectivity index (χ2n) is 4.49. The number of aromatic amines is 1. The molecule has 0 aliphatic rings. The van der Waals surface area contributed by atoms with E-state index in [-0.39, 0.29) is 5.91 Å². The van der Waals surface area contributed by atoms with E-state index in [1.54, 1.807) is 36.4 Å². The average molecular weight is 407 g/mol. The predicted octanol–water partition coefficient (Wildman–Crippen LogP) is 2.89. The number of hydrogen-bond donors (Lipinski definition) is 2. The van der Waals surface area contributed by atoms with Gasteiger partial charge in [-0.1, -0.05) is 17.3 Å². The van der Waals surface area contributed by atoms with Crippen LogP contribution in [-0.4, -0.2) is 16.0 Å². The van der Waals surface area contributed by atoms with E-state index >= 15 is 0 Å². The molecule has 22 heavy (non-hydrogen) atoms. The van der Waals surface area contributed by atoms with Crippen molar-refractivity contribution in [3.05, 3.63) is 68.2 Å². The minimum Gasteiger partial charge on any atom is -0.322 e. The molecule has 0 saturated carbocycles. The number of amides is 1. The number of rotatable bonds is 3. The number of benzene rings is 2. The smallest absolute Gasteiger partial charge is 0.322 e. The maximum Gasteiger partial charge on any atom is 0.439 e. The van der Waals surface area contributed by atoms with E-state index in [0.717, 1.165) is 3.57 Å². The van der Waals surface area contributed by atoms with Crippen LogP contribution in [0, 0.1) is 3.57 Å². The Morgan fingerprint density at radius 1 is 1.18 bits per heavy atom. The summed E-state index contributed by atoms with van der Waals surface area (Å²) in [6.45, 7) is 0.